The summed E-state index contributed by atoms with van der Waals surface area (Å²) in [5.74, 6) is 2.23. The summed E-state index contributed by atoms with van der Waals surface area (Å²) >= 11 is 0. The van der Waals surface area contributed by atoms with Crippen LogP contribution in [0, 0.1) is 6.92 Å². The van der Waals surface area contributed by atoms with E-state index in [0.717, 1.165) is 51.6 Å². The average molecular weight is 548 g/mol. The number of aromatic nitrogens is 2. The summed E-state index contributed by atoms with van der Waals surface area (Å²) in [7, 11) is 1.83. The van der Waals surface area contributed by atoms with Crippen molar-refractivity contribution >= 4 is 5.91 Å². The van der Waals surface area contributed by atoms with Gasteiger partial charge in [0, 0.05) is 18.2 Å². The molecular formula is C34H33N3O4. The number of ether oxygens (including phenoxy) is 2. The lowest BCUT2D eigenvalue weighted by molar-refractivity contribution is 0.0713. The van der Waals surface area contributed by atoms with Crippen LogP contribution in [0.25, 0.3) is 11.3 Å². The second-order valence-electron chi connectivity index (χ2n) is 10.4. The van der Waals surface area contributed by atoms with E-state index in [2.05, 4.69) is 38.1 Å². The molecule has 7 nitrogen and oxygen atoms in total. The Labute approximate surface area is 239 Å². The fraction of sp³-hybridized carbons (Fsp3) is 0.235. The highest BCUT2D eigenvalue weighted by molar-refractivity contribution is 6.00. The van der Waals surface area contributed by atoms with Crippen molar-refractivity contribution in [2.45, 2.75) is 39.5 Å². The maximum absolute atomic E-state index is 13.9. The lowest BCUT2D eigenvalue weighted by Gasteiger charge is -2.26. The summed E-state index contributed by atoms with van der Waals surface area (Å²) in [5, 5.41) is 4.83. The normalized spacial score (nSPS) is 14.4. The number of hydrogen-bond donors (Lipinski definition) is 0. The predicted molar refractivity (Wildman–Crippen MR) is 157 cm³/mol. The molecule has 0 fully saturated rings. The maximum Gasteiger partial charge on any atom is 0.273 e. The van der Waals surface area contributed by atoms with Gasteiger partial charge in [0.15, 0.2) is 0 Å². The molecule has 3 heterocycles. The van der Waals surface area contributed by atoms with Crippen molar-refractivity contribution in [2.75, 3.05) is 6.61 Å². The molecular weight excluding hydrogens is 514 g/mol. The summed E-state index contributed by atoms with van der Waals surface area (Å²) < 4.78 is 19.2. The minimum atomic E-state index is -0.330. The molecule has 208 valence electrons. The number of hydrogen-bond acceptors (Lipinski definition) is 5. The summed E-state index contributed by atoms with van der Waals surface area (Å²) in [6, 6.07) is 27.7. The van der Waals surface area contributed by atoms with E-state index in [9.17, 15) is 4.79 Å². The van der Waals surface area contributed by atoms with Crippen LogP contribution in [0.15, 0.2) is 95.6 Å². The summed E-state index contributed by atoms with van der Waals surface area (Å²) in [6.07, 6.45) is 2.57. The lowest BCUT2D eigenvalue weighted by Crippen LogP contribution is -2.29. The monoisotopic (exact) mass is 547 g/mol. The topological polar surface area (TPSA) is 69.7 Å². The van der Waals surface area contributed by atoms with Crippen molar-refractivity contribution in [1.82, 2.24) is 14.7 Å². The van der Waals surface area contributed by atoms with Gasteiger partial charge in [-0.25, -0.2) is 0 Å². The molecule has 0 bridgehead atoms. The van der Waals surface area contributed by atoms with Crippen LogP contribution in [0.3, 0.4) is 0 Å². The zero-order valence-corrected chi connectivity index (χ0v) is 23.5. The third-order valence-corrected chi connectivity index (χ3v) is 7.36. The predicted octanol–water partition coefficient (Wildman–Crippen LogP) is 7.10. The number of carbonyl (C=O) groups is 1. The van der Waals surface area contributed by atoms with E-state index in [4.69, 9.17) is 19.0 Å². The van der Waals surface area contributed by atoms with Crippen molar-refractivity contribution < 1.29 is 18.7 Å². The highest BCUT2D eigenvalue weighted by atomic mass is 16.5. The van der Waals surface area contributed by atoms with Gasteiger partial charge in [-0.2, -0.15) is 5.10 Å². The Bertz CT molecular complexity index is 1620. The Morgan fingerprint density at radius 3 is 2.29 bits per heavy atom. The van der Waals surface area contributed by atoms with Crippen LogP contribution >= 0.6 is 0 Å². The molecule has 0 N–H and O–H groups in total. The molecule has 1 amide bonds. The van der Waals surface area contributed by atoms with Crippen LogP contribution in [0.4, 0.5) is 0 Å². The fourth-order valence-corrected chi connectivity index (χ4v) is 5.28. The molecule has 0 saturated heterocycles. The van der Waals surface area contributed by atoms with Crippen LogP contribution < -0.4 is 9.47 Å². The van der Waals surface area contributed by atoms with Gasteiger partial charge in [0.25, 0.3) is 5.91 Å². The van der Waals surface area contributed by atoms with Crippen LogP contribution in [0.1, 0.15) is 57.9 Å². The summed E-state index contributed by atoms with van der Waals surface area (Å²) in [4.78, 5) is 15.7. The van der Waals surface area contributed by atoms with Gasteiger partial charge in [0.1, 0.15) is 29.6 Å². The van der Waals surface area contributed by atoms with Crippen molar-refractivity contribution in [2.24, 2.45) is 7.05 Å². The Morgan fingerprint density at radius 2 is 1.61 bits per heavy atom. The zero-order valence-electron chi connectivity index (χ0n) is 23.5. The molecule has 1 aliphatic heterocycles. The number of nitrogens with zero attached hydrogens (tertiary/aromatic N) is 3. The average Bonchev–Trinajstić information content (AvgIpc) is 3.70. The molecule has 3 aromatic carbocycles. The molecule has 0 aliphatic carbocycles. The minimum absolute atomic E-state index is 0.0768. The van der Waals surface area contributed by atoms with Gasteiger partial charge in [-0.3, -0.25) is 9.48 Å². The minimum Gasteiger partial charge on any atom is -0.494 e. The van der Waals surface area contributed by atoms with E-state index in [1.165, 1.54) is 5.56 Å². The highest BCUT2D eigenvalue weighted by Gasteiger charge is 2.43. The molecule has 41 heavy (non-hydrogen) atoms. The Hall–Kier alpha value is -4.78. The number of carbonyl (C=O) groups excluding carboxylic acids is 1. The van der Waals surface area contributed by atoms with E-state index >= 15 is 0 Å². The van der Waals surface area contributed by atoms with Gasteiger partial charge in [-0.1, -0.05) is 48.9 Å². The van der Waals surface area contributed by atoms with E-state index in [0.29, 0.717) is 25.5 Å². The second-order valence-corrected chi connectivity index (χ2v) is 10.4. The van der Waals surface area contributed by atoms with Crippen LogP contribution in [-0.4, -0.2) is 27.2 Å². The van der Waals surface area contributed by atoms with Gasteiger partial charge >= 0.3 is 0 Å². The van der Waals surface area contributed by atoms with Crippen LogP contribution in [0.5, 0.6) is 11.5 Å². The SMILES string of the molecule is CCCOc1ccc(C2c3c(-c4ccc(OCc5ccc(C)cc5)cc4)nn(C)c3C(=O)N2Cc2ccco2)cc1. The molecule has 1 atom stereocenters. The van der Waals surface area contributed by atoms with E-state index in [1.807, 2.05) is 72.6 Å². The number of amides is 1. The maximum atomic E-state index is 13.9. The molecule has 0 saturated carbocycles. The van der Waals surface area contributed by atoms with Crippen molar-refractivity contribution in [3.8, 4) is 22.8 Å². The Kier molecular flexibility index (Phi) is 7.33. The van der Waals surface area contributed by atoms with Crippen molar-refractivity contribution in [1.29, 1.82) is 0 Å². The Balaban J connectivity index is 1.33. The van der Waals surface area contributed by atoms with E-state index < -0.39 is 0 Å². The molecule has 1 aliphatic rings. The number of benzene rings is 3. The first kappa shape index (κ1) is 26.4. The number of fused-ring (bicyclic) bond motifs is 1. The third-order valence-electron chi connectivity index (χ3n) is 7.36. The lowest BCUT2D eigenvalue weighted by atomic mass is 9.96. The largest absolute Gasteiger partial charge is 0.494 e. The van der Waals surface area contributed by atoms with Gasteiger partial charge in [0.2, 0.25) is 0 Å². The van der Waals surface area contributed by atoms with Crippen molar-refractivity contribution in [3.05, 3.63) is 125 Å². The molecule has 0 spiro atoms. The molecule has 5 aromatic rings. The number of furan rings is 1. The Morgan fingerprint density at radius 1 is 0.902 bits per heavy atom. The molecule has 6 rings (SSSR count). The molecule has 0 radical (unpaired) electrons. The number of rotatable bonds is 10. The molecule has 2 aromatic heterocycles. The van der Waals surface area contributed by atoms with Crippen LogP contribution in [-0.2, 0) is 20.2 Å². The van der Waals surface area contributed by atoms with E-state index in [1.54, 1.807) is 10.9 Å². The second kappa shape index (κ2) is 11.4. The number of aryl methyl sites for hydroxylation is 2. The first-order chi connectivity index (χ1) is 20.0. The van der Waals surface area contributed by atoms with Crippen LogP contribution in [0.2, 0.25) is 0 Å². The van der Waals surface area contributed by atoms with Crippen molar-refractivity contribution in [3.63, 3.8) is 0 Å². The standard InChI is InChI=1S/C34H33N3O4/c1-4-19-39-27-17-13-26(14-18-27)32-30-31(35-36(3)33(30)34(38)37(32)21-29-6-5-20-40-29)25-11-15-28(16-12-25)41-22-24-9-7-23(2)8-10-24/h5-18,20,32H,4,19,21-22H2,1-3H3. The smallest absolute Gasteiger partial charge is 0.273 e. The highest BCUT2D eigenvalue weighted by Crippen LogP contribution is 2.44. The fourth-order valence-electron chi connectivity index (χ4n) is 5.28. The first-order valence-corrected chi connectivity index (χ1v) is 13.9. The molecule has 1 unspecified atom stereocenters. The van der Waals surface area contributed by atoms with Gasteiger partial charge < -0.3 is 18.8 Å². The summed E-state index contributed by atoms with van der Waals surface area (Å²) in [6.45, 7) is 5.66. The van der Waals surface area contributed by atoms with Gasteiger partial charge in [0.05, 0.1) is 31.2 Å². The summed E-state index contributed by atoms with van der Waals surface area (Å²) in [5.41, 5.74) is 6.50. The molecule has 7 heteroatoms. The zero-order chi connectivity index (χ0) is 28.3. The van der Waals surface area contributed by atoms with E-state index in [-0.39, 0.29) is 11.9 Å². The quantitative estimate of drug-likeness (QED) is 0.187. The van der Waals surface area contributed by atoms with Gasteiger partial charge in [-0.15, -0.1) is 0 Å². The first-order valence-electron chi connectivity index (χ1n) is 13.9. The third kappa shape index (κ3) is 5.35. The van der Waals surface area contributed by atoms with Gasteiger partial charge in [-0.05, 0) is 73.0 Å².